The molecule has 0 aliphatic heterocycles. The number of likely N-dealkylation sites (N-methyl/N-ethyl adjacent to an activating group) is 1. The highest BCUT2D eigenvalue weighted by Crippen LogP contribution is 2.15. The summed E-state index contributed by atoms with van der Waals surface area (Å²) in [6.45, 7) is 2.36. The van der Waals surface area contributed by atoms with Crippen molar-refractivity contribution >= 4 is 11.9 Å². The van der Waals surface area contributed by atoms with Gasteiger partial charge in [-0.3, -0.25) is 4.79 Å². The number of amides is 1. The predicted molar refractivity (Wildman–Crippen MR) is 93.2 cm³/mol. The molecule has 0 aliphatic rings. The minimum absolute atomic E-state index is 0.187. The van der Waals surface area contributed by atoms with Crippen LogP contribution in [-0.4, -0.2) is 48.7 Å². The molecule has 0 aromatic heterocycles. The van der Waals surface area contributed by atoms with Gasteiger partial charge in [0.2, 0.25) is 0 Å². The molecule has 1 N–H and O–H groups in total. The first kappa shape index (κ1) is 18.3. The number of aliphatic carboxylic acids is 1. The first-order valence-electron chi connectivity index (χ1n) is 7.85. The van der Waals surface area contributed by atoms with Gasteiger partial charge in [-0.05, 0) is 37.3 Å². The van der Waals surface area contributed by atoms with Crippen LogP contribution in [0.25, 0.3) is 0 Å². The predicted octanol–water partition coefficient (Wildman–Crippen LogP) is 2.61. The summed E-state index contributed by atoms with van der Waals surface area (Å²) in [5.74, 6) is -0.150. The van der Waals surface area contributed by atoms with E-state index in [0.29, 0.717) is 24.5 Å². The van der Waals surface area contributed by atoms with E-state index in [1.165, 1.54) is 6.07 Å². The lowest BCUT2D eigenvalue weighted by Gasteiger charge is -2.18. The second-order valence-electron chi connectivity index (χ2n) is 5.60. The quantitative estimate of drug-likeness (QED) is 0.797. The minimum Gasteiger partial charge on any atom is -0.492 e. The number of nitrogens with zero attached hydrogens (tertiary/aromatic N) is 1. The number of carbonyl (C=O) groups excluding carboxylic acids is 1. The molecule has 0 saturated heterocycles. The number of carboxylic acid groups (broad SMARTS) is 1. The van der Waals surface area contributed by atoms with Crippen molar-refractivity contribution in [2.45, 2.75) is 6.92 Å². The molecule has 6 heteroatoms. The zero-order chi connectivity index (χ0) is 18.2. The fourth-order valence-electron chi connectivity index (χ4n) is 2.12. The maximum absolute atomic E-state index is 12.4. The Kier molecular flexibility index (Phi) is 6.39. The monoisotopic (exact) mass is 343 g/mol. The van der Waals surface area contributed by atoms with Crippen molar-refractivity contribution in [2.24, 2.45) is 0 Å². The molecule has 0 saturated carbocycles. The highest BCUT2D eigenvalue weighted by Gasteiger charge is 2.13. The molecule has 0 unspecified atom stereocenters. The van der Waals surface area contributed by atoms with E-state index in [0.717, 1.165) is 11.3 Å². The smallest absolute Gasteiger partial charge is 0.341 e. The second-order valence-corrected chi connectivity index (χ2v) is 5.60. The lowest BCUT2D eigenvalue weighted by Crippen LogP contribution is -2.30. The molecular formula is C19H21NO5. The van der Waals surface area contributed by atoms with Gasteiger partial charge in [0.15, 0.2) is 6.61 Å². The molecular weight excluding hydrogens is 322 g/mol. The maximum atomic E-state index is 12.4. The standard InChI is InChI=1S/C19H21NO5/c1-14-6-8-16(9-7-14)24-11-10-20(2)19(23)15-4-3-5-17(12-15)25-13-18(21)22/h3-9,12H,10-11,13H2,1-2H3,(H,21,22). The van der Waals surface area contributed by atoms with Gasteiger partial charge in [-0.1, -0.05) is 23.8 Å². The van der Waals surface area contributed by atoms with E-state index in [1.54, 1.807) is 30.1 Å². The van der Waals surface area contributed by atoms with Gasteiger partial charge < -0.3 is 19.5 Å². The number of benzene rings is 2. The maximum Gasteiger partial charge on any atom is 0.341 e. The van der Waals surface area contributed by atoms with Crippen molar-refractivity contribution in [1.29, 1.82) is 0 Å². The SMILES string of the molecule is Cc1ccc(OCCN(C)C(=O)c2cccc(OCC(=O)O)c2)cc1. The molecule has 0 aliphatic carbocycles. The Morgan fingerprint density at radius 2 is 1.76 bits per heavy atom. The van der Waals surface area contributed by atoms with Crippen molar-refractivity contribution in [1.82, 2.24) is 4.90 Å². The number of carboxylic acids is 1. The molecule has 0 bridgehead atoms. The summed E-state index contributed by atoms with van der Waals surface area (Å²) in [4.78, 5) is 24.5. The molecule has 2 rings (SSSR count). The Labute approximate surface area is 146 Å². The second kappa shape index (κ2) is 8.73. The third kappa shape index (κ3) is 5.84. The van der Waals surface area contributed by atoms with Crippen LogP contribution in [0.2, 0.25) is 0 Å². The van der Waals surface area contributed by atoms with Gasteiger partial charge in [0, 0.05) is 12.6 Å². The highest BCUT2D eigenvalue weighted by atomic mass is 16.5. The van der Waals surface area contributed by atoms with E-state index in [2.05, 4.69) is 0 Å². The van der Waals surface area contributed by atoms with Crippen molar-refractivity contribution in [2.75, 3.05) is 26.8 Å². The summed E-state index contributed by atoms with van der Waals surface area (Å²) in [6.07, 6.45) is 0. The van der Waals surface area contributed by atoms with Gasteiger partial charge in [0.1, 0.15) is 18.1 Å². The van der Waals surface area contributed by atoms with Crippen LogP contribution in [0, 0.1) is 6.92 Å². The van der Waals surface area contributed by atoms with Crippen molar-refractivity contribution in [3.8, 4) is 11.5 Å². The zero-order valence-electron chi connectivity index (χ0n) is 14.3. The van der Waals surface area contributed by atoms with E-state index in [-0.39, 0.29) is 5.91 Å². The Morgan fingerprint density at radius 3 is 2.44 bits per heavy atom. The number of hydrogen-bond acceptors (Lipinski definition) is 4. The van der Waals surface area contributed by atoms with Gasteiger partial charge in [0.05, 0.1) is 6.54 Å². The van der Waals surface area contributed by atoms with Crippen molar-refractivity contribution < 1.29 is 24.2 Å². The van der Waals surface area contributed by atoms with Crippen LogP contribution >= 0.6 is 0 Å². The first-order chi connectivity index (χ1) is 12.0. The van der Waals surface area contributed by atoms with E-state index in [4.69, 9.17) is 14.6 Å². The fraction of sp³-hybridized carbons (Fsp3) is 0.263. The third-order valence-corrected chi connectivity index (χ3v) is 3.51. The van der Waals surface area contributed by atoms with Crippen LogP contribution in [0.15, 0.2) is 48.5 Å². The Balaban J connectivity index is 1.87. The highest BCUT2D eigenvalue weighted by molar-refractivity contribution is 5.94. The van der Waals surface area contributed by atoms with Crippen LogP contribution in [0.5, 0.6) is 11.5 Å². The summed E-state index contributed by atoms with van der Waals surface area (Å²) in [5, 5.41) is 8.63. The van der Waals surface area contributed by atoms with Gasteiger partial charge in [-0.15, -0.1) is 0 Å². The average Bonchev–Trinajstić information content (AvgIpc) is 2.61. The molecule has 6 nitrogen and oxygen atoms in total. The summed E-state index contributed by atoms with van der Waals surface area (Å²) in [6, 6.07) is 14.2. The number of rotatable bonds is 8. The van der Waals surface area contributed by atoms with Crippen LogP contribution < -0.4 is 9.47 Å². The third-order valence-electron chi connectivity index (χ3n) is 3.51. The molecule has 25 heavy (non-hydrogen) atoms. The van der Waals surface area contributed by atoms with Gasteiger partial charge in [-0.25, -0.2) is 4.79 Å². The molecule has 2 aromatic rings. The first-order valence-corrected chi connectivity index (χ1v) is 7.85. The molecule has 132 valence electrons. The number of hydrogen-bond donors (Lipinski definition) is 1. The van der Waals surface area contributed by atoms with Gasteiger partial charge in [-0.2, -0.15) is 0 Å². The molecule has 2 aromatic carbocycles. The zero-order valence-corrected chi connectivity index (χ0v) is 14.3. The molecule has 0 atom stereocenters. The van der Waals surface area contributed by atoms with Crippen molar-refractivity contribution in [3.63, 3.8) is 0 Å². The topological polar surface area (TPSA) is 76.1 Å². The van der Waals surface area contributed by atoms with E-state index in [9.17, 15) is 9.59 Å². The van der Waals surface area contributed by atoms with E-state index < -0.39 is 12.6 Å². The van der Waals surface area contributed by atoms with E-state index in [1.807, 2.05) is 31.2 Å². The Bertz CT molecular complexity index is 727. The number of carbonyl (C=O) groups is 2. The largest absolute Gasteiger partial charge is 0.492 e. The van der Waals surface area contributed by atoms with Crippen LogP contribution in [0.3, 0.4) is 0 Å². The summed E-state index contributed by atoms with van der Waals surface area (Å²) >= 11 is 0. The lowest BCUT2D eigenvalue weighted by molar-refractivity contribution is -0.139. The van der Waals surface area contributed by atoms with Gasteiger partial charge in [0.25, 0.3) is 5.91 Å². The minimum atomic E-state index is -1.07. The van der Waals surface area contributed by atoms with Crippen LogP contribution in [0.1, 0.15) is 15.9 Å². The summed E-state index contributed by atoms with van der Waals surface area (Å²) in [5.41, 5.74) is 1.59. The summed E-state index contributed by atoms with van der Waals surface area (Å²) in [7, 11) is 1.69. The lowest BCUT2D eigenvalue weighted by atomic mass is 10.2. The van der Waals surface area contributed by atoms with Crippen LogP contribution in [0.4, 0.5) is 0 Å². The van der Waals surface area contributed by atoms with Crippen LogP contribution in [-0.2, 0) is 4.79 Å². The normalized spacial score (nSPS) is 10.2. The fourth-order valence-corrected chi connectivity index (χ4v) is 2.12. The molecule has 0 spiro atoms. The summed E-state index contributed by atoms with van der Waals surface area (Å²) < 4.78 is 10.7. The molecule has 1 amide bonds. The van der Waals surface area contributed by atoms with Gasteiger partial charge >= 0.3 is 5.97 Å². The van der Waals surface area contributed by atoms with Crippen molar-refractivity contribution in [3.05, 3.63) is 59.7 Å². The average molecular weight is 343 g/mol. The molecule has 0 fully saturated rings. The van der Waals surface area contributed by atoms with E-state index >= 15 is 0 Å². The number of aryl methyl sites for hydroxylation is 1. The molecule has 0 radical (unpaired) electrons. The Hall–Kier alpha value is -3.02. The Morgan fingerprint density at radius 1 is 1.04 bits per heavy atom. The number of ether oxygens (including phenoxy) is 2. The molecule has 0 heterocycles.